The number of carbonyl (C=O) groups is 1. The van der Waals surface area contributed by atoms with Crippen molar-refractivity contribution in [3.8, 4) is 0 Å². The topological polar surface area (TPSA) is 55.1 Å². The number of nitrogens with two attached hydrogens (primary N) is 1. The first kappa shape index (κ1) is 11.6. The molecule has 0 aliphatic carbocycles. The Hall–Kier alpha value is -1.49. The van der Waals surface area contributed by atoms with Crippen LogP contribution in [0, 0.1) is 11.6 Å². The van der Waals surface area contributed by atoms with E-state index in [1.165, 1.54) is 12.1 Å². The minimum absolute atomic E-state index is 0.0914. The molecule has 1 aromatic carbocycles. The molecular formula is C10H12F2N2O. The number of carbonyl (C=O) groups excluding carboxylic acids is 1. The van der Waals surface area contributed by atoms with Gasteiger partial charge in [-0.25, -0.2) is 8.78 Å². The van der Waals surface area contributed by atoms with Gasteiger partial charge < -0.3 is 11.1 Å². The van der Waals surface area contributed by atoms with Crippen LogP contribution < -0.4 is 11.1 Å². The summed E-state index contributed by atoms with van der Waals surface area (Å²) in [4.78, 5) is 10.8. The highest BCUT2D eigenvalue weighted by molar-refractivity contribution is 5.77. The van der Waals surface area contributed by atoms with Crippen molar-refractivity contribution < 1.29 is 13.6 Å². The number of hydrogen-bond acceptors (Lipinski definition) is 2. The van der Waals surface area contributed by atoms with E-state index in [-0.39, 0.29) is 12.5 Å². The third-order valence-corrected chi connectivity index (χ3v) is 1.92. The van der Waals surface area contributed by atoms with E-state index in [1.54, 1.807) is 0 Å². The van der Waals surface area contributed by atoms with E-state index in [0.717, 1.165) is 6.07 Å². The highest BCUT2D eigenvalue weighted by Gasteiger charge is 2.04. The van der Waals surface area contributed by atoms with Crippen LogP contribution in [0.1, 0.15) is 5.56 Å². The zero-order valence-electron chi connectivity index (χ0n) is 8.09. The third kappa shape index (κ3) is 3.63. The van der Waals surface area contributed by atoms with Gasteiger partial charge in [0.2, 0.25) is 5.91 Å². The quantitative estimate of drug-likeness (QED) is 0.770. The highest BCUT2D eigenvalue weighted by atomic mass is 19.1. The Balaban J connectivity index is 2.47. The molecule has 0 radical (unpaired) electrons. The second kappa shape index (κ2) is 5.41. The molecule has 0 aliphatic heterocycles. The van der Waals surface area contributed by atoms with Crippen LogP contribution in [0.5, 0.6) is 0 Å². The third-order valence-electron chi connectivity index (χ3n) is 1.92. The summed E-state index contributed by atoms with van der Waals surface area (Å²) in [7, 11) is 0. The lowest BCUT2D eigenvalue weighted by molar-refractivity contribution is -0.119. The molecule has 0 bridgehead atoms. The summed E-state index contributed by atoms with van der Waals surface area (Å²) >= 11 is 0. The normalized spacial score (nSPS) is 10.1. The van der Waals surface area contributed by atoms with Gasteiger partial charge in [0.1, 0.15) is 11.6 Å². The smallest absolute Gasteiger partial charge is 0.233 e. The van der Waals surface area contributed by atoms with Crippen LogP contribution in [0.4, 0.5) is 8.78 Å². The van der Waals surface area contributed by atoms with Gasteiger partial charge in [-0.05, 0) is 18.1 Å². The monoisotopic (exact) mass is 214 g/mol. The van der Waals surface area contributed by atoms with Crippen LogP contribution in [0.25, 0.3) is 0 Å². The lowest BCUT2D eigenvalue weighted by atomic mass is 10.1. The molecule has 0 fully saturated rings. The van der Waals surface area contributed by atoms with Crippen LogP contribution in [0.15, 0.2) is 18.2 Å². The second-order valence-electron chi connectivity index (χ2n) is 3.04. The average Bonchev–Trinajstić information content (AvgIpc) is 2.21. The fourth-order valence-corrected chi connectivity index (χ4v) is 1.13. The van der Waals surface area contributed by atoms with Gasteiger partial charge >= 0.3 is 0 Å². The first-order valence-electron chi connectivity index (χ1n) is 4.54. The number of rotatable bonds is 4. The summed E-state index contributed by atoms with van der Waals surface area (Å²) in [5, 5.41) is 2.50. The fourth-order valence-electron chi connectivity index (χ4n) is 1.13. The second-order valence-corrected chi connectivity index (χ2v) is 3.04. The molecule has 0 aromatic heterocycles. The van der Waals surface area contributed by atoms with E-state index >= 15 is 0 Å². The molecule has 0 unspecified atom stereocenters. The number of amides is 1. The van der Waals surface area contributed by atoms with Gasteiger partial charge in [0.15, 0.2) is 0 Å². The van der Waals surface area contributed by atoms with E-state index in [1.807, 2.05) is 0 Å². The maximum absolute atomic E-state index is 13.1. The van der Waals surface area contributed by atoms with Crippen molar-refractivity contribution in [2.45, 2.75) is 6.42 Å². The molecule has 1 amide bonds. The molecule has 3 nitrogen and oxygen atoms in total. The molecule has 5 heteroatoms. The van der Waals surface area contributed by atoms with Crippen molar-refractivity contribution in [1.29, 1.82) is 0 Å². The van der Waals surface area contributed by atoms with E-state index in [9.17, 15) is 13.6 Å². The van der Waals surface area contributed by atoms with E-state index < -0.39 is 11.6 Å². The van der Waals surface area contributed by atoms with Gasteiger partial charge in [-0.3, -0.25) is 4.79 Å². The summed E-state index contributed by atoms with van der Waals surface area (Å²) in [6.07, 6.45) is 0.317. The molecule has 0 heterocycles. The SMILES string of the molecule is NCC(=O)NCCc1ccc(F)cc1F. The van der Waals surface area contributed by atoms with Gasteiger partial charge in [-0.2, -0.15) is 0 Å². The standard InChI is InChI=1S/C10H12F2N2O/c11-8-2-1-7(9(12)5-8)3-4-14-10(15)6-13/h1-2,5H,3-4,6,13H2,(H,14,15). The Morgan fingerprint density at radius 2 is 2.13 bits per heavy atom. The summed E-state index contributed by atoms with van der Waals surface area (Å²) in [6, 6.07) is 3.36. The van der Waals surface area contributed by atoms with Crippen molar-refractivity contribution in [3.05, 3.63) is 35.4 Å². The minimum atomic E-state index is -0.609. The predicted molar refractivity (Wildman–Crippen MR) is 52.1 cm³/mol. The van der Waals surface area contributed by atoms with Gasteiger partial charge in [-0.15, -0.1) is 0 Å². The maximum Gasteiger partial charge on any atom is 0.233 e. The molecule has 3 N–H and O–H groups in total. The van der Waals surface area contributed by atoms with Gasteiger partial charge in [0.25, 0.3) is 0 Å². The summed E-state index contributed by atoms with van der Waals surface area (Å²) < 4.78 is 25.6. The summed E-state index contributed by atoms with van der Waals surface area (Å²) in [5.41, 5.74) is 5.43. The Bertz CT molecular complexity index is 355. The highest BCUT2D eigenvalue weighted by Crippen LogP contribution is 2.09. The molecule has 0 saturated heterocycles. The zero-order valence-corrected chi connectivity index (χ0v) is 8.09. The average molecular weight is 214 g/mol. The van der Waals surface area contributed by atoms with Crippen LogP contribution in [0.2, 0.25) is 0 Å². The van der Waals surface area contributed by atoms with E-state index in [0.29, 0.717) is 18.5 Å². The molecule has 15 heavy (non-hydrogen) atoms. The Morgan fingerprint density at radius 1 is 1.40 bits per heavy atom. The predicted octanol–water partition coefficient (Wildman–Crippen LogP) is 0.582. The van der Waals surface area contributed by atoms with Gasteiger partial charge in [0.05, 0.1) is 6.54 Å². The molecule has 0 aliphatic rings. The number of nitrogens with one attached hydrogen (secondary N) is 1. The minimum Gasteiger partial charge on any atom is -0.355 e. The molecule has 0 spiro atoms. The Kier molecular flexibility index (Phi) is 4.17. The molecule has 82 valence electrons. The van der Waals surface area contributed by atoms with E-state index in [4.69, 9.17) is 5.73 Å². The zero-order chi connectivity index (χ0) is 11.3. The van der Waals surface area contributed by atoms with Crippen molar-refractivity contribution in [2.75, 3.05) is 13.1 Å². The van der Waals surface area contributed by atoms with Gasteiger partial charge in [0, 0.05) is 12.6 Å². The van der Waals surface area contributed by atoms with Crippen molar-refractivity contribution >= 4 is 5.91 Å². The first-order valence-corrected chi connectivity index (χ1v) is 4.54. The Labute approximate surface area is 86.3 Å². The molecule has 1 rings (SSSR count). The summed E-state index contributed by atoms with van der Waals surface area (Å²) in [6.45, 7) is 0.199. The fraction of sp³-hybridized carbons (Fsp3) is 0.300. The van der Waals surface area contributed by atoms with Crippen molar-refractivity contribution in [1.82, 2.24) is 5.32 Å². The van der Waals surface area contributed by atoms with Crippen molar-refractivity contribution in [3.63, 3.8) is 0 Å². The van der Waals surface area contributed by atoms with Gasteiger partial charge in [-0.1, -0.05) is 6.07 Å². The first-order chi connectivity index (χ1) is 7.13. The lowest BCUT2D eigenvalue weighted by Gasteiger charge is -2.04. The number of benzene rings is 1. The molecular weight excluding hydrogens is 202 g/mol. The molecule has 0 saturated carbocycles. The largest absolute Gasteiger partial charge is 0.355 e. The van der Waals surface area contributed by atoms with E-state index in [2.05, 4.69) is 5.32 Å². The number of halogens is 2. The lowest BCUT2D eigenvalue weighted by Crippen LogP contribution is -2.31. The Morgan fingerprint density at radius 3 is 2.73 bits per heavy atom. The molecule has 1 aromatic rings. The van der Waals surface area contributed by atoms with Crippen LogP contribution in [-0.4, -0.2) is 19.0 Å². The molecule has 0 atom stereocenters. The maximum atomic E-state index is 13.1. The summed E-state index contributed by atoms with van der Waals surface area (Å²) in [5.74, 6) is -1.50. The number of hydrogen-bond donors (Lipinski definition) is 2. The van der Waals surface area contributed by atoms with Crippen molar-refractivity contribution in [2.24, 2.45) is 5.73 Å². The van der Waals surface area contributed by atoms with Crippen LogP contribution in [0.3, 0.4) is 0 Å². The van der Waals surface area contributed by atoms with Crippen LogP contribution in [-0.2, 0) is 11.2 Å². The van der Waals surface area contributed by atoms with Crippen LogP contribution >= 0.6 is 0 Å².